The van der Waals surface area contributed by atoms with Gasteiger partial charge in [0.2, 0.25) is 0 Å². The first-order valence-electron chi connectivity index (χ1n) is 3.53. The van der Waals surface area contributed by atoms with Crippen LogP contribution in [0.2, 0.25) is 18.1 Å². The third-order valence-electron chi connectivity index (χ3n) is 2.10. The highest BCUT2D eigenvalue weighted by atomic mass is 32.4. The van der Waals surface area contributed by atoms with Gasteiger partial charge in [0.15, 0.2) is 7.22 Å². The molecule has 0 fully saturated rings. The van der Waals surface area contributed by atoms with Crippen molar-refractivity contribution in [2.75, 3.05) is 7.11 Å². The lowest BCUT2D eigenvalue weighted by Crippen LogP contribution is -2.33. The average molecular weight is 178 g/mol. The van der Waals surface area contributed by atoms with E-state index in [0.29, 0.717) is 5.04 Å². The van der Waals surface area contributed by atoms with Crippen molar-refractivity contribution in [3.8, 4) is 0 Å². The molecule has 0 bridgehead atoms. The Hall–Kier alpha value is 0.527. The lowest BCUT2D eigenvalue weighted by Gasteiger charge is -2.34. The monoisotopic (exact) mass is 178 g/mol. The van der Waals surface area contributed by atoms with Gasteiger partial charge in [-0.05, 0) is 16.5 Å². The molecular formula is C7H18OSSi. The molecule has 0 aliphatic rings. The first kappa shape index (κ1) is 10.5. The summed E-state index contributed by atoms with van der Waals surface area (Å²) in [4.78, 5) is 0. The lowest BCUT2D eigenvalue weighted by atomic mass is 10.2. The molecule has 0 aliphatic carbocycles. The number of hydrogen-bond donors (Lipinski definition) is 0. The van der Waals surface area contributed by atoms with Gasteiger partial charge in [0.1, 0.15) is 0 Å². The second kappa shape index (κ2) is 3.28. The quantitative estimate of drug-likeness (QED) is 0.474. The third-order valence-corrected chi connectivity index (χ3v) is 9.88. The van der Waals surface area contributed by atoms with E-state index < -0.39 is 7.22 Å². The van der Waals surface area contributed by atoms with Crippen LogP contribution in [0.25, 0.3) is 0 Å². The van der Waals surface area contributed by atoms with E-state index >= 15 is 0 Å². The summed E-state index contributed by atoms with van der Waals surface area (Å²) < 4.78 is 5.11. The Balaban J connectivity index is 4.10. The molecular weight excluding hydrogens is 160 g/mol. The largest absolute Gasteiger partial charge is 0.325 e. The fourth-order valence-electron chi connectivity index (χ4n) is 0.333. The molecule has 0 amide bonds. The summed E-state index contributed by atoms with van der Waals surface area (Å²) in [7, 11) is 0.545. The summed E-state index contributed by atoms with van der Waals surface area (Å²) in [6, 6.07) is 0. The van der Waals surface area contributed by atoms with Gasteiger partial charge in [-0.2, -0.15) is 0 Å². The maximum Gasteiger partial charge on any atom is 0.152 e. The third kappa shape index (κ3) is 2.64. The maximum atomic E-state index is 5.11. The van der Waals surface area contributed by atoms with E-state index in [-0.39, 0.29) is 0 Å². The topological polar surface area (TPSA) is 9.23 Å². The van der Waals surface area contributed by atoms with Gasteiger partial charge in [0.25, 0.3) is 0 Å². The fraction of sp³-hybridized carbons (Fsp3) is 1.00. The summed E-state index contributed by atoms with van der Waals surface area (Å²) in [6.07, 6.45) is 0. The zero-order valence-electron chi connectivity index (χ0n) is 7.82. The van der Waals surface area contributed by atoms with E-state index in [0.717, 1.165) is 0 Å². The van der Waals surface area contributed by atoms with Crippen molar-refractivity contribution >= 4 is 18.7 Å². The highest BCUT2D eigenvalue weighted by Crippen LogP contribution is 2.43. The summed E-state index contributed by atoms with van der Waals surface area (Å²) in [5, 5.41) is 0.424. The van der Waals surface area contributed by atoms with E-state index in [1.54, 1.807) is 18.6 Å². The minimum absolute atomic E-state index is 0.424. The van der Waals surface area contributed by atoms with Crippen molar-refractivity contribution in [3.63, 3.8) is 0 Å². The molecule has 0 aromatic carbocycles. The van der Waals surface area contributed by atoms with Crippen molar-refractivity contribution in [3.05, 3.63) is 0 Å². The molecule has 0 heterocycles. The van der Waals surface area contributed by atoms with Gasteiger partial charge in [-0.3, -0.25) is 0 Å². The van der Waals surface area contributed by atoms with E-state index in [4.69, 9.17) is 4.18 Å². The minimum atomic E-state index is -1.21. The van der Waals surface area contributed by atoms with Gasteiger partial charge in [-0.25, -0.2) is 0 Å². The van der Waals surface area contributed by atoms with E-state index in [1.807, 2.05) is 0 Å². The van der Waals surface area contributed by atoms with Gasteiger partial charge >= 0.3 is 0 Å². The SMILES string of the molecule is COS[Si](C)(C)C(C)(C)C. The van der Waals surface area contributed by atoms with Crippen molar-refractivity contribution < 1.29 is 4.18 Å². The van der Waals surface area contributed by atoms with Crippen molar-refractivity contribution in [2.45, 2.75) is 38.9 Å². The number of rotatable bonds is 2. The zero-order chi connectivity index (χ0) is 8.41. The molecule has 0 aliphatic heterocycles. The summed E-state index contributed by atoms with van der Waals surface area (Å²) >= 11 is 1.68. The Bertz CT molecular complexity index is 107. The van der Waals surface area contributed by atoms with Crippen LogP contribution in [0.1, 0.15) is 20.8 Å². The molecule has 0 unspecified atom stereocenters. The van der Waals surface area contributed by atoms with Crippen LogP contribution >= 0.6 is 11.5 Å². The van der Waals surface area contributed by atoms with E-state index in [2.05, 4.69) is 33.9 Å². The molecule has 3 heteroatoms. The molecule has 0 rings (SSSR count). The molecule has 0 aromatic rings. The summed E-state index contributed by atoms with van der Waals surface area (Å²) in [6.45, 7) is 11.5. The molecule has 62 valence electrons. The van der Waals surface area contributed by atoms with Gasteiger partial charge in [-0.15, -0.1) is 0 Å². The smallest absolute Gasteiger partial charge is 0.152 e. The molecule has 1 nitrogen and oxygen atoms in total. The van der Waals surface area contributed by atoms with Crippen molar-refractivity contribution in [1.29, 1.82) is 0 Å². The van der Waals surface area contributed by atoms with Crippen molar-refractivity contribution in [1.82, 2.24) is 0 Å². The van der Waals surface area contributed by atoms with Gasteiger partial charge in [0, 0.05) is 7.11 Å². The second-order valence-electron chi connectivity index (χ2n) is 4.01. The Labute approximate surface area is 69.4 Å². The Kier molecular flexibility index (Phi) is 3.46. The molecule has 0 saturated carbocycles. The zero-order valence-corrected chi connectivity index (χ0v) is 9.63. The van der Waals surface area contributed by atoms with Crippen LogP contribution in [0.3, 0.4) is 0 Å². The standard InChI is InChI=1S/C7H18OSSi/c1-7(2,3)10(5,6)9-8-4/h1-6H3. The molecule has 0 saturated heterocycles. The fourth-order valence-corrected chi connectivity index (χ4v) is 3.00. The number of hydrogen-bond acceptors (Lipinski definition) is 2. The minimum Gasteiger partial charge on any atom is -0.325 e. The van der Waals surface area contributed by atoms with Crippen LogP contribution in [0.5, 0.6) is 0 Å². The predicted molar refractivity (Wildman–Crippen MR) is 51.8 cm³/mol. The van der Waals surface area contributed by atoms with Crippen LogP contribution in [-0.2, 0) is 4.18 Å². The highest BCUT2D eigenvalue weighted by Gasteiger charge is 2.36. The second-order valence-corrected chi connectivity index (χ2v) is 12.6. The molecule has 0 radical (unpaired) electrons. The maximum absolute atomic E-state index is 5.11. The van der Waals surface area contributed by atoms with Crippen molar-refractivity contribution in [2.24, 2.45) is 0 Å². The van der Waals surface area contributed by atoms with Crippen LogP contribution in [-0.4, -0.2) is 14.3 Å². The van der Waals surface area contributed by atoms with Crippen LogP contribution in [0, 0.1) is 0 Å². The molecule has 0 N–H and O–H groups in total. The molecule has 10 heavy (non-hydrogen) atoms. The first-order chi connectivity index (χ1) is 4.31. The van der Waals surface area contributed by atoms with E-state index in [1.165, 1.54) is 0 Å². The summed E-state index contributed by atoms with van der Waals surface area (Å²) in [5.74, 6) is 0. The lowest BCUT2D eigenvalue weighted by molar-refractivity contribution is 0.494. The normalized spacial score (nSPS) is 13.8. The summed E-state index contributed by atoms with van der Waals surface area (Å²) in [5.41, 5.74) is 0. The van der Waals surface area contributed by atoms with E-state index in [9.17, 15) is 0 Å². The highest BCUT2D eigenvalue weighted by molar-refractivity contribution is 8.25. The average Bonchev–Trinajstić information content (AvgIpc) is 1.61. The molecule has 0 atom stereocenters. The Morgan fingerprint density at radius 1 is 1.20 bits per heavy atom. The van der Waals surface area contributed by atoms with Crippen LogP contribution in [0.15, 0.2) is 0 Å². The molecule has 0 spiro atoms. The Morgan fingerprint density at radius 2 is 1.60 bits per heavy atom. The van der Waals surface area contributed by atoms with Gasteiger partial charge in [0.05, 0.1) is 0 Å². The van der Waals surface area contributed by atoms with Crippen LogP contribution < -0.4 is 0 Å². The first-order valence-corrected chi connectivity index (χ1v) is 8.00. The van der Waals surface area contributed by atoms with Crippen LogP contribution in [0.4, 0.5) is 0 Å². The van der Waals surface area contributed by atoms with Gasteiger partial charge in [-0.1, -0.05) is 33.9 Å². The predicted octanol–water partition coefficient (Wildman–Crippen LogP) is 3.29. The Morgan fingerprint density at radius 3 is 1.70 bits per heavy atom. The van der Waals surface area contributed by atoms with Gasteiger partial charge < -0.3 is 4.18 Å². The molecule has 0 aromatic heterocycles.